The number of nitrogens with one attached hydrogen (secondary N) is 1. The number of esters is 1. The standard InChI is InChI=1S/C35H42N4O8/c1-6-44-31(40)16-10-22-9-14-27(32-26(22)13-15-30(38-32)43-5)37-33(41)23-7-11-25(12-8-23)39(34(42)47-35(2,3)4)21-24-19-28-29(20-36-24)46-18-17-45-28/h9-10,13-16,19-20,23,25H,6-8,11-12,17-18,21H2,1-5H3,(H,37,41)/b16-10+. The van der Waals surface area contributed by atoms with Crippen LogP contribution in [-0.2, 0) is 25.6 Å². The van der Waals surface area contributed by atoms with Gasteiger partial charge < -0.3 is 29.0 Å². The SMILES string of the molecule is CCOC(=O)/C=C/c1ccc(NC(=O)C2CCC(N(Cc3cc4c(cn3)OCCO4)C(=O)OC(C)(C)C)CC2)c2nc(OC)ccc12. The van der Waals surface area contributed by atoms with Crippen LogP contribution in [0.15, 0.2) is 42.6 Å². The Kier molecular flexibility index (Phi) is 10.5. The monoisotopic (exact) mass is 646 g/mol. The Balaban J connectivity index is 1.29. The number of hydrogen-bond donors (Lipinski definition) is 1. The Bertz CT molecular complexity index is 1640. The van der Waals surface area contributed by atoms with Gasteiger partial charge in [-0.3, -0.25) is 14.7 Å². The number of anilines is 1. The maximum Gasteiger partial charge on any atom is 0.410 e. The zero-order chi connectivity index (χ0) is 33.6. The van der Waals surface area contributed by atoms with Crippen LogP contribution in [0, 0.1) is 5.92 Å². The molecule has 1 N–H and O–H groups in total. The summed E-state index contributed by atoms with van der Waals surface area (Å²) in [7, 11) is 1.53. The lowest BCUT2D eigenvalue weighted by molar-refractivity contribution is -0.137. The first kappa shape index (κ1) is 33.5. The number of fused-ring (bicyclic) bond motifs is 2. The van der Waals surface area contributed by atoms with E-state index in [0.29, 0.717) is 73.2 Å². The summed E-state index contributed by atoms with van der Waals surface area (Å²) in [6.45, 7) is 8.70. The first-order chi connectivity index (χ1) is 22.5. The average molecular weight is 647 g/mol. The summed E-state index contributed by atoms with van der Waals surface area (Å²) >= 11 is 0. The molecule has 3 aromatic rings. The maximum absolute atomic E-state index is 13.6. The number of ether oxygens (including phenoxy) is 5. The van der Waals surface area contributed by atoms with Crippen LogP contribution in [0.4, 0.5) is 10.5 Å². The Morgan fingerprint density at radius 2 is 1.79 bits per heavy atom. The smallest absolute Gasteiger partial charge is 0.410 e. The van der Waals surface area contributed by atoms with Crippen LogP contribution in [0.1, 0.15) is 64.6 Å². The Labute approximate surface area is 274 Å². The fourth-order valence-electron chi connectivity index (χ4n) is 5.73. The first-order valence-corrected chi connectivity index (χ1v) is 15.9. The molecule has 1 saturated carbocycles. The zero-order valence-corrected chi connectivity index (χ0v) is 27.5. The Morgan fingerprint density at radius 1 is 1.04 bits per heavy atom. The minimum atomic E-state index is -0.670. The molecule has 1 aliphatic carbocycles. The van der Waals surface area contributed by atoms with Gasteiger partial charge >= 0.3 is 12.1 Å². The van der Waals surface area contributed by atoms with Gasteiger partial charge in [0.05, 0.1) is 43.4 Å². The van der Waals surface area contributed by atoms with Crippen molar-refractivity contribution >= 4 is 40.6 Å². The molecule has 47 heavy (non-hydrogen) atoms. The second kappa shape index (κ2) is 14.7. The van der Waals surface area contributed by atoms with Gasteiger partial charge in [-0.15, -0.1) is 0 Å². The second-order valence-corrected chi connectivity index (χ2v) is 12.5. The van der Waals surface area contributed by atoms with Crippen LogP contribution in [-0.4, -0.2) is 71.4 Å². The van der Waals surface area contributed by atoms with Gasteiger partial charge in [0.15, 0.2) is 11.5 Å². The summed E-state index contributed by atoms with van der Waals surface area (Å²) in [6.07, 6.45) is 6.63. The van der Waals surface area contributed by atoms with Gasteiger partial charge in [0.2, 0.25) is 11.8 Å². The largest absolute Gasteiger partial charge is 0.486 e. The van der Waals surface area contributed by atoms with E-state index >= 15 is 0 Å². The molecule has 12 nitrogen and oxygen atoms in total. The third-order valence-corrected chi connectivity index (χ3v) is 7.97. The van der Waals surface area contributed by atoms with E-state index in [1.54, 1.807) is 42.3 Å². The van der Waals surface area contributed by atoms with E-state index in [1.165, 1.54) is 13.2 Å². The second-order valence-electron chi connectivity index (χ2n) is 12.5. The molecule has 250 valence electrons. The molecule has 0 bridgehead atoms. The lowest BCUT2D eigenvalue weighted by atomic mass is 9.84. The van der Waals surface area contributed by atoms with Crippen molar-refractivity contribution in [2.75, 3.05) is 32.2 Å². The Hall–Kier alpha value is -4.87. The van der Waals surface area contributed by atoms with Crippen molar-refractivity contribution in [1.29, 1.82) is 0 Å². The molecule has 0 atom stereocenters. The summed E-state index contributed by atoms with van der Waals surface area (Å²) in [4.78, 5) is 49.7. The number of nitrogens with zero attached hydrogens (tertiary/aromatic N) is 3. The molecule has 2 aliphatic rings. The highest BCUT2D eigenvalue weighted by Crippen LogP contribution is 2.34. The molecule has 12 heteroatoms. The van der Waals surface area contributed by atoms with E-state index in [0.717, 1.165) is 10.9 Å². The van der Waals surface area contributed by atoms with Crippen molar-refractivity contribution in [2.45, 2.75) is 71.6 Å². The summed E-state index contributed by atoms with van der Waals surface area (Å²) in [5, 5.41) is 3.82. The minimum Gasteiger partial charge on any atom is -0.486 e. The third-order valence-electron chi connectivity index (χ3n) is 7.97. The van der Waals surface area contributed by atoms with Crippen molar-refractivity contribution in [3.05, 3.63) is 53.9 Å². The minimum absolute atomic E-state index is 0.124. The molecule has 2 aromatic heterocycles. The molecule has 0 spiro atoms. The van der Waals surface area contributed by atoms with E-state index in [2.05, 4.69) is 15.3 Å². The first-order valence-electron chi connectivity index (χ1n) is 15.9. The van der Waals surface area contributed by atoms with Crippen LogP contribution in [0.25, 0.3) is 17.0 Å². The van der Waals surface area contributed by atoms with Crippen molar-refractivity contribution in [3.63, 3.8) is 0 Å². The molecule has 0 unspecified atom stereocenters. The van der Waals surface area contributed by atoms with E-state index in [-0.39, 0.29) is 31.0 Å². The fraction of sp³-hybridized carbons (Fsp3) is 0.457. The molecule has 2 amide bonds. The molecular weight excluding hydrogens is 604 g/mol. The third kappa shape index (κ3) is 8.49. The highest BCUT2D eigenvalue weighted by molar-refractivity contribution is 6.04. The van der Waals surface area contributed by atoms with Crippen molar-refractivity contribution < 1.29 is 38.1 Å². The Morgan fingerprint density at radius 3 is 2.49 bits per heavy atom. The van der Waals surface area contributed by atoms with E-state index < -0.39 is 17.7 Å². The van der Waals surface area contributed by atoms with Crippen LogP contribution in [0.3, 0.4) is 0 Å². The average Bonchev–Trinajstić information content (AvgIpc) is 3.06. The topological polar surface area (TPSA) is 138 Å². The summed E-state index contributed by atoms with van der Waals surface area (Å²) in [6, 6.07) is 8.83. The van der Waals surface area contributed by atoms with E-state index in [1.807, 2.05) is 32.9 Å². The number of hydrogen-bond acceptors (Lipinski definition) is 10. The maximum atomic E-state index is 13.6. The molecule has 1 aromatic carbocycles. The normalized spacial score (nSPS) is 17.6. The molecule has 0 radical (unpaired) electrons. The predicted molar refractivity (Wildman–Crippen MR) is 175 cm³/mol. The van der Waals surface area contributed by atoms with Crippen LogP contribution >= 0.6 is 0 Å². The number of carbonyl (C=O) groups is 3. The summed E-state index contributed by atoms with van der Waals surface area (Å²) in [5.74, 6) is 0.760. The van der Waals surface area contributed by atoms with Crippen LogP contribution < -0.4 is 19.5 Å². The van der Waals surface area contributed by atoms with Gasteiger partial charge in [0.1, 0.15) is 18.8 Å². The number of benzene rings is 1. The molecule has 1 fully saturated rings. The van der Waals surface area contributed by atoms with Crippen LogP contribution in [0.5, 0.6) is 17.4 Å². The highest BCUT2D eigenvalue weighted by Gasteiger charge is 2.34. The quantitative estimate of drug-likeness (QED) is 0.220. The van der Waals surface area contributed by atoms with Crippen molar-refractivity contribution in [1.82, 2.24) is 14.9 Å². The molecule has 1 aliphatic heterocycles. The zero-order valence-electron chi connectivity index (χ0n) is 27.5. The summed E-state index contributed by atoms with van der Waals surface area (Å²) < 4.78 is 27.4. The van der Waals surface area contributed by atoms with Gasteiger partial charge in [-0.1, -0.05) is 6.07 Å². The van der Waals surface area contributed by atoms with Gasteiger partial charge in [-0.2, -0.15) is 0 Å². The number of aromatic nitrogens is 2. The molecular formula is C35H42N4O8. The molecule has 3 heterocycles. The van der Waals surface area contributed by atoms with Gasteiger partial charge in [0.25, 0.3) is 0 Å². The lowest BCUT2D eigenvalue weighted by Gasteiger charge is -2.37. The number of amides is 2. The number of pyridine rings is 2. The highest BCUT2D eigenvalue weighted by atomic mass is 16.6. The number of carbonyl (C=O) groups excluding carboxylic acids is 3. The lowest BCUT2D eigenvalue weighted by Crippen LogP contribution is -2.45. The summed E-state index contributed by atoms with van der Waals surface area (Å²) in [5.41, 5.74) is 1.82. The fourth-order valence-corrected chi connectivity index (χ4v) is 5.73. The van der Waals surface area contributed by atoms with E-state index in [9.17, 15) is 14.4 Å². The molecule has 5 rings (SSSR count). The number of methoxy groups -OCH3 is 1. The van der Waals surface area contributed by atoms with Crippen molar-refractivity contribution in [2.24, 2.45) is 5.92 Å². The van der Waals surface area contributed by atoms with Gasteiger partial charge in [-0.05, 0) is 77.2 Å². The van der Waals surface area contributed by atoms with Gasteiger partial charge in [0, 0.05) is 35.6 Å². The predicted octanol–water partition coefficient (Wildman–Crippen LogP) is 5.92. The molecule has 0 saturated heterocycles. The van der Waals surface area contributed by atoms with Gasteiger partial charge in [-0.25, -0.2) is 14.6 Å². The van der Waals surface area contributed by atoms with E-state index in [4.69, 9.17) is 23.7 Å². The van der Waals surface area contributed by atoms with Crippen molar-refractivity contribution in [3.8, 4) is 17.4 Å². The van der Waals surface area contributed by atoms with Crippen LogP contribution in [0.2, 0.25) is 0 Å². The number of rotatable bonds is 9.